The minimum atomic E-state index is -0.956. The second kappa shape index (κ2) is 15.9. The van der Waals surface area contributed by atoms with Crippen LogP contribution in [0.15, 0.2) is 0 Å². The molecule has 8 aliphatic carbocycles. The molecule has 8 aliphatic heterocycles. The van der Waals surface area contributed by atoms with Crippen molar-refractivity contribution in [2.75, 3.05) is 0 Å². The number of hydrazine groups is 1. The fraction of sp³-hybridized carbons (Fsp3) is 0.846. The Morgan fingerprint density at radius 3 is 0.611 bits per heavy atom. The van der Waals surface area contributed by atoms with Crippen molar-refractivity contribution in [3.8, 4) is 0 Å². The molecule has 16 fully saturated rings. The first-order valence-electron chi connectivity index (χ1n) is 28.6. The summed E-state index contributed by atoms with van der Waals surface area (Å²) in [5.74, 6) is -13.5. The first-order chi connectivity index (χ1) is 35.0. The lowest BCUT2D eigenvalue weighted by Crippen LogP contribution is -2.88. The predicted octanol–water partition coefficient (Wildman–Crippen LogP) is -2.63. The van der Waals surface area contributed by atoms with Crippen LogP contribution in [0.1, 0.15) is 103 Å². The molecule has 0 aromatic carbocycles. The average molecular weight is 991 g/mol. The molecule has 0 aromatic heterocycles. The molecule has 16 rings (SSSR count). The number of amides is 8. The summed E-state index contributed by atoms with van der Waals surface area (Å²) >= 11 is 0. The van der Waals surface area contributed by atoms with Crippen molar-refractivity contribution in [2.45, 2.75) is 199 Å². The van der Waals surface area contributed by atoms with E-state index in [-0.39, 0.29) is 72.0 Å². The lowest BCUT2D eigenvalue weighted by atomic mass is 9.45. The molecule has 8 amide bonds. The van der Waals surface area contributed by atoms with Gasteiger partial charge in [-0.1, -0.05) is 51.4 Å². The molecule has 72 heavy (non-hydrogen) atoms. The maximum atomic E-state index is 16.4. The molecule has 24 unspecified atom stereocenters. The number of nitrogens with one attached hydrogen (secondary N) is 10. The van der Waals surface area contributed by atoms with Crippen molar-refractivity contribution in [3.05, 3.63) is 0 Å². The summed E-state index contributed by atoms with van der Waals surface area (Å²) in [6, 6.07) is -4.56. The maximum absolute atomic E-state index is 16.4. The molecule has 24 atom stereocenters. The zero-order chi connectivity index (χ0) is 48.3. The van der Waals surface area contributed by atoms with Gasteiger partial charge in [0.15, 0.2) is 0 Å². The number of nitrogens with zero attached hydrogens (tertiary/aromatic N) is 2. The van der Waals surface area contributed by atoms with Gasteiger partial charge < -0.3 is 42.5 Å². The van der Waals surface area contributed by atoms with Crippen molar-refractivity contribution in [1.29, 1.82) is 0 Å². The molecule has 20 nitrogen and oxygen atoms in total. The lowest BCUT2D eigenvalue weighted by Gasteiger charge is -2.68. The molecule has 16 aliphatic rings. The van der Waals surface area contributed by atoms with E-state index in [0.29, 0.717) is 0 Å². The largest absolute Gasteiger partial charge is 0.307 e. The topological polar surface area (TPSA) is 263 Å². The van der Waals surface area contributed by atoms with Crippen molar-refractivity contribution in [3.63, 3.8) is 0 Å². The molecule has 0 aromatic rings. The lowest BCUT2D eigenvalue weighted by molar-refractivity contribution is -0.223. The minimum Gasteiger partial charge on any atom is -0.307 e. The summed E-state index contributed by atoms with van der Waals surface area (Å²) in [5.41, 5.74) is 0. The van der Waals surface area contributed by atoms with Gasteiger partial charge in [-0.25, -0.2) is 0 Å². The van der Waals surface area contributed by atoms with Crippen LogP contribution >= 0.6 is 0 Å². The van der Waals surface area contributed by atoms with E-state index in [4.69, 9.17) is 0 Å². The van der Waals surface area contributed by atoms with E-state index in [1.54, 1.807) is 0 Å². The van der Waals surface area contributed by atoms with Gasteiger partial charge in [0.2, 0.25) is 23.6 Å². The van der Waals surface area contributed by atoms with Gasteiger partial charge in [0.1, 0.15) is 0 Å². The number of rotatable bonds is 1. The molecule has 0 spiro atoms. The Kier molecular flexibility index (Phi) is 9.83. The number of fused-ring (bicyclic) bond motifs is 16. The second-order valence-corrected chi connectivity index (χ2v) is 25.7. The van der Waals surface area contributed by atoms with Gasteiger partial charge in [-0.3, -0.25) is 49.0 Å². The van der Waals surface area contributed by atoms with Gasteiger partial charge in [0.05, 0.1) is 47.3 Å². The zero-order valence-electron chi connectivity index (χ0n) is 40.6. The van der Waals surface area contributed by atoms with Gasteiger partial charge in [0.25, 0.3) is 23.6 Å². The average Bonchev–Trinajstić information content (AvgIpc) is 3.38. The summed E-state index contributed by atoms with van der Waals surface area (Å²) < 4.78 is 0. The van der Waals surface area contributed by atoms with Gasteiger partial charge in [-0.15, -0.1) is 0 Å². The van der Waals surface area contributed by atoms with E-state index in [2.05, 4.69) is 53.2 Å². The van der Waals surface area contributed by atoms with Crippen LogP contribution < -0.4 is 53.2 Å². The van der Waals surface area contributed by atoms with E-state index in [1.807, 2.05) is 0 Å². The fourth-order valence-corrected chi connectivity index (χ4v) is 20.6. The Morgan fingerprint density at radius 1 is 0.250 bits per heavy atom. The van der Waals surface area contributed by atoms with Crippen molar-refractivity contribution in [1.82, 2.24) is 63.2 Å². The Balaban J connectivity index is 0.860. The molecule has 386 valence electrons. The highest BCUT2D eigenvalue weighted by Crippen LogP contribution is 2.61. The number of carbonyl (C=O) groups is 8. The highest BCUT2D eigenvalue weighted by atomic mass is 16.2. The number of imide groups is 4. The summed E-state index contributed by atoms with van der Waals surface area (Å²) in [6.07, 6.45) is 15.2. The Morgan fingerprint density at radius 2 is 0.417 bits per heavy atom. The Hall–Kier alpha value is -3.76. The SMILES string of the molecule is O=C1NC(=O)C2C3NC4CCCCC4NC3C3C(=O)N(N4C(=O)C5C6NC7CCCCC7NC6C6C(=O)NC(=O)C7C8NC9CCCCC9NC8C(C4=O)C5C67)C(=O)C4C5NC6CCCCC6NC5C1C2C43. The molecule has 20 heteroatoms. The summed E-state index contributed by atoms with van der Waals surface area (Å²) in [5, 5.41) is 38.8. The van der Waals surface area contributed by atoms with Gasteiger partial charge in [0, 0.05) is 96.7 Å². The van der Waals surface area contributed by atoms with Gasteiger partial charge >= 0.3 is 0 Å². The van der Waals surface area contributed by atoms with Crippen LogP contribution in [0, 0.1) is 71.0 Å². The predicted molar refractivity (Wildman–Crippen MR) is 251 cm³/mol. The van der Waals surface area contributed by atoms with Gasteiger partial charge in [-0.05, 0) is 75.0 Å². The van der Waals surface area contributed by atoms with Crippen molar-refractivity contribution < 1.29 is 38.4 Å². The minimum absolute atomic E-state index is 0.00222. The number of hydrogen-bond donors (Lipinski definition) is 10. The van der Waals surface area contributed by atoms with E-state index in [9.17, 15) is 19.2 Å². The first-order valence-corrected chi connectivity index (χ1v) is 28.6. The van der Waals surface area contributed by atoms with Crippen LogP contribution in [0.5, 0.6) is 0 Å². The number of hydrogen-bond acceptors (Lipinski definition) is 16. The maximum Gasteiger partial charge on any atom is 0.253 e. The van der Waals surface area contributed by atoms with Crippen molar-refractivity contribution >= 4 is 47.3 Å². The van der Waals surface area contributed by atoms with E-state index < -0.39 is 143 Å². The van der Waals surface area contributed by atoms with Crippen LogP contribution in [0.25, 0.3) is 0 Å². The monoisotopic (exact) mass is 991 g/mol. The third-order valence-corrected chi connectivity index (χ3v) is 23.0. The summed E-state index contributed by atoms with van der Waals surface area (Å²) in [4.78, 5) is 124. The van der Waals surface area contributed by atoms with E-state index in [1.165, 1.54) is 0 Å². The third kappa shape index (κ3) is 5.81. The molecule has 0 bridgehead atoms. The Labute approximate surface area is 418 Å². The fourth-order valence-electron chi connectivity index (χ4n) is 20.6. The normalized spacial score (nSPS) is 55.7. The van der Waals surface area contributed by atoms with Crippen LogP contribution in [-0.2, 0) is 38.4 Å². The van der Waals surface area contributed by atoms with Crippen LogP contribution in [0.2, 0.25) is 0 Å². The van der Waals surface area contributed by atoms with Crippen molar-refractivity contribution in [2.24, 2.45) is 71.0 Å². The highest BCUT2D eigenvalue weighted by Gasteiger charge is 2.77. The van der Waals surface area contributed by atoms with Gasteiger partial charge in [-0.2, -0.15) is 10.0 Å². The quantitative estimate of drug-likeness (QED) is 0.121. The summed E-state index contributed by atoms with van der Waals surface area (Å²) in [7, 11) is 0. The number of piperidine rings is 4. The molecular weight excluding hydrogens is 921 g/mol. The number of piperazine rings is 4. The molecule has 8 saturated heterocycles. The summed E-state index contributed by atoms with van der Waals surface area (Å²) in [6.45, 7) is 0. The smallest absolute Gasteiger partial charge is 0.253 e. The molecule has 0 radical (unpaired) electrons. The molecule has 10 N–H and O–H groups in total. The zero-order valence-corrected chi connectivity index (χ0v) is 40.6. The molecule has 8 saturated carbocycles. The first kappa shape index (κ1) is 44.5. The number of carbonyl (C=O) groups excluding carboxylic acids is 8. The van der Waals surface area contributed by atoms with Crippen LogP contribution in [0.4, 0.5) is 0 Å². The highest BCUT2D eigenvalue weighted by molar-refractivity contribution is 6.11. The third-order valence-electron chi connectivity index (χ3n) is 23.0. The second-order valence-electron chi connectivity index (χ2n) is 25.7. The standard InChI is InChI=1S/C52H70N12O8/c65-45-29-25-27-33(41-37(29)53-17-9-1-5-13-21(17)57-41)49(69)63(50(70)34(27)42-38(30(25)46(66)61-45)54-18-10-2-6-14-22(18)58-42)64-51(71)35-28-26-31(39-43(35)59-23-15-7-3-11-19(23)55-39)47(67)62-48(68)32(26)40-44(36(28)52(64)72)60-24-16-8-4-12-20(24)56-40/h17-44,53-60H,1-16H2,(H,61,65,66)(H,62,67,68). The van der Waals surface area contributed by atoms with Crippen LogP contribution in [0.3, 0.4) is 0 Å². The van der Waals surface area contributed by atoms with Crippen LogP contribution in [-0.4, -0.2) is 154 Å². The molecular formula is C52H70N12O8. The molecule has 8 heterocycles. The Bertz CT molecular complexity index is 2140. The van der Waals surface area contributed by atoms with E-state index >= 15 is 19.2 Å². The van der Waals surface area contributed by atoms with E-state index in [0.717, 1.165) is 113 Å².